The first kappa shape index (κ1) is 25.0. The van der Waals surface area contributed by atoms with Gasteiger partial charge in [0.05, 0.1) is 18.2 Å². The molecule has 1 aliphatic heterocycles. The van der Waals surface area contributed by atoms with Gasteiger partial charge in [-0.15, -0.1) is 0 Å². The molecule has 2 unspecified atom stereocenters. The molecule has 0 radical (unpaired) electrons. The van der Waals surface area contributed by atoms with Gasteiger partial charge in [-0.05, 0) is 93.2 Å². The SMILES string of the molecule is CCOC(=O)[C@H]1CCCN(C(=O)c2ccc(NC(=O)NC34CC5C[C@@](C)(C3)C[C@](C)(C5)C4)c(F)c2)C1. The van der Waals surface area contributed by atoms with Gasteiger partial charge in [0.1, 0.15) is 5.82 Å². The molecule has 8 heteroatoms. The summed E-state index contributed by atoms with van der Waals surface area (Å²) in [5.74, 6) is -0.995. The van der Waals surface area contributed by atoms with E-state index in [1.54, 1.807) is 11.8 Å². The summed E-state index contributed by atoms with van der Waals surface area (Å²) in [5.41, 5.74) is 0.535. The molecule has 0 aromatic heterocycles. The number of piperidine rings is 1. The van der Waals surface area contributed by atoms with Crippen molar-refractivity contribution in [2.75, 3.05) is 25.0 Å². The van der Waals surface area contributed by atoms with Gasteiger partial charge in [0, 0.05) is 24.2 Å². The number of hydrogen-bond donors (Lipinski definition) is 2. The number of ether oxygens (including phenoxy) is 1. The number of likely N-dealkylation sites (tertiary alicyclic amines) is 1. The molecule has 3 amide bonds. The van der Waals surface area contributed by atoms with Crippen LogP contribution in [0.1, 0.15) is 82.5 Å². The molecule has 7 nitrogen and oxygen atoms in total. The van der Waals surface area contributed by atoms with Gasteiger partial charge in [-0.3, -0.25) is 9.59 Å². The number of rotatable bonds is 5. The van der Waals surface area contributed by atoms with Crippen molar-refractivity contribution < 1.29 is 23.5 Å². The topological polar surface area (TPSA) is 87.7 Å². The van der Waals surface area contributed by atoms with E-state index in [-0.39, 0.29) is 52.0 Å². The Bertz CT molecular complexity index is 1060. The second-order valence-corrected chi connectivity index (χ2v) is 12.5. The highest BCUT2D eigenvalue weighted by Gasteiger charge is 2.60. The van der Waals surface area contributed by atoms with Crippen LogP contribution in [0.15, 0.2) is 18.2 Å². The van der Waals surface area contributed by atoms with Crippen molar-refractivity contribution in [3.8, 4) is 0 Å². The van der Waals surface area contributed by atoms with Crippen LogP contribution in [0.4, 0.5) is 14.9 Å². The van der Waals surface area contributed by atoms with Gasteiger partial charge in [-0.1, -0.05) is 13.8 Å². The molecule has 6 rings (SSSR count). The lowest BCUT2D eigenvalue weighted by Crippen LogP contribution is -2.65. The number of anilines is 1. The number of nitrogens with zero attached hydrogens (tertiary/aromatic N) is 1. The van der Waals surface area contributed by atoms with Crippen LogP contribution in [0.3, 0.4) is 0 Å². The predicted octanol–water partition coefficient (Wildman–Crippen LogP) is 5.11. The van der Waals surface area contributed by atoms with Crippen molar-refractivity contribution in [3.63, 3.8) is 0 Å². The normalized spacial score (nSPS) is 34.8. The lowest BCUT2D eigenvalue weighted by Gasteiger charge is -2.65. The van der Waals surface area contributed by atoms with E-state index in [1.165, 1.54) is 37.5 Å². The standard InChI is InChI=1S/C28H38FN3O4/c1-4-36-24(34)20-6-5-9-32(14-20)23(33)19-7-8-22(21(29)10-19)30-25(35)31-28-13-18-11-26(2,16-28)15-27(3,12-18)17-28/h7-8,10,18,20H,4-6,9,11-17H2,1-3H3,(H2,30,31,35)/t18?,20-,26-,27+,28?/m0/s1. The van der Waals surface area contributed by atoms with Crippen LogP contribution in [0.5, 0.6) is 0 Å². The second-order valence-electron chi connectivity index (χ2n) is 12.5. The van der Waals surface area contributed by atoms with Crippen LogP contribution in [-0.4, -0.2) is 48.0 Å². The number of esters is 1. The Labute approximate surface area is 212 Å². The smallest absolute Gasteiger partial charge is 0.319 e. The quantitative estimate of drug-likeness (QED) is 0.551. The third-order valence-electron chi connectivity index (χ3n) is 8.80. The highest BCUT2D eigenvalue weighted by atomic mass is 19.1. The van der Waals surface area contributed by atoms with Crippen LogP contribution in [0.25, 0.3) is 0 Å². The van der Waals surface area contributed by atoms with Gasteiger partial charge in [-0.2, -0.15) is 0 Å². The van der Waals surface area contributed by atoms with Gasteiger partial charge >= 0.3 is 12.0 Å². The number of carbonyl (C=O) groups is 3. The van der Waals surface area contributed by atoms with Crippen molar-refractivity contribution in [2.24, 2.45) is 22.7 Å². The van der Waals surface area contributed by atoms with E-state index >= 15 is 0 Å². The first-order valence-electron chi connectivity index (χ1n) is 13.4. The van der Waals surface area contributed by atoms with Crippen LogP contribution in [-0.2, 0) is 9.53 Å². The van der Waals surface area contributed by atoms with Crippen molar-refractivity contribution in [1.29, 1.82) is 0 Å². The van der Waals surface area contributed by atoms with Crippen LogP contribution >= 0.6 is 0 Å². The highest BCUT2D eigenvalue weighted by Crippen LogP contribution is 2.66. The maximum absolute atomic E-state index is 15.0. The molecule has 4 saturated carbocycles. The molecule has 4 bridgehead atoms. The minimum absolute atomic E-state index is 0.0502. The summed E-state index contributed by atoms with van der Waals surface area (Å²) < 4.78 is 20.1. The molecule has 0 spiro atoms. The average molecular weight is 500 g/mol. The fourth-order valence-corrected chi connectivity index (χ4v) is 8.53. The predicted molar refractivity (Wildman–Crippen MR) is 134 cm³/mol. The number of carbonyl (C=O) groups excluding carboxylic acids is 3. The molecule has 4 aliphatic carbocycles. The van der Waals surface area contributed by atoms with Crippen LogP contribution in [0, 0.1) is 28.5 Å². The lowest BCUT2D eigenvalue weighted by atomic mass is 9.43. The van der Waals surface area contributed by atoms with Crippen molar-refractivity contribution in [1.82, 2.24) is 10.2 Å². The summed E-state index contributed by atoms with van der Waals surface area (Å²) in [6.45, 7) is 7.53. The molecule has 5 atom stereocenters. The van der Waals surface area contributed by atoms with Gasteiger partial charge < -0.3 is 20.3 Å². The summed E-state index contributed by atoms with van der Waals surface area (Å²) in [6.07, 6.45) is 7.97. The third kappa shape index (κ3) is 4.83. The molecule has 1 saturated heterocycles. The number of urea groups is 1. The number of hydrogen-bond acceptors (Lipinski definition) is 4. The first-order valence-corrected chi connectivity index (χ1v) is 13.4. The molecule has 5 fully saturated rings. The Kier molecular flexibility index (Phi) is 6.28. The highest BCUT2D eigenvalue weighted by molar-refractivity contribution is 5.96. The molecule has 36 heavy (non-hydrogen) atoms. The fourth-order valence-electron chi connectivity index (χ4n) is 8.53. The lowest BCUT2D eigenvalue weighted by molar-refractivity contribution is -0.149. The van der Waals surface area contributed by atoms with Gasteiger partial charge in [-0.25, -0.2) is 9.18 Å². The van der Waals surface area contributed by atoms with Crippen LogP contribution < -0.4 is 10.6 Å². The van der Waals surface area contributed by atoms with Crippen LogP contribution in [0.2, 0.25) is 0 Å². The van der Waals surface area contributed by atoms with Gasteiger partial charge in [0.25, 0.3) is 5.91 Å². The number of benzene rings is 1. The summed E-state index contributed by atoms with van der Waals surface area (Å²) >= 11 is 0. The largest absolute Gasteiger partial charge is 0.466 e. The molecule has 196 valence electrons. The number of nitrogens with one attached hydrogen (secondary N) is 2. The Balaban J connectivity index is 1.22. The Hall–Kier alpha value is -2.64. The zero-order chi connectivity index (χ0) is 25.7. The van der Waals surface area contributed by atoms with E-state index in [0.29, 0.717) is 31.9 Å². The van der Waals surface area contributed by atoms with E-state index in [1.807, 2.05) is 0 Å². The zero-order valence-electron chi connectivity index (χ0n) is 21.6. The van der Waals surface area contributed by atoms with Crippen molar-refractivity contribution >= 4 is 23.6 Å². The molecular weight excluding hydrogens is 461 g/mol. The van der Waals surface area contributed by atoms with E-state index in [9.17, 15) is 18.8 Å². The van der Waals surface area contributed by atoms with Gasteiger partial charge in [0.15, 0.2) is 0 Å². The summed E-state index contributed by atoms with van der Waals surface area (Å²) in [5, 5.41) is 5.91. The van der Waals surface area contributed by atoms with Crippen molar-refractivity contribution in [3.05, 3.63) is 29.6 Å². The fraction of sp³-hybridized carbons (Fsp3) is 0.679. The van der Waals surface area contributed by atoms with E-state index in [2.05, 4.69) is 24.5 Å². The van der Waals surface area contributed by atoms with Crippen molar-refractivity contribution in [2.45, 2.75) is 77.7 Å². The molecule has 2 N–H and O–H groups in total. The number of halogens is 1. The maximum atomic E-state index is 15.0. The maximum Gasteiger partial charge on any atom is 0.319 e. The third-order valence-corrected chi connectivity index (χ3v) is 8.80. The molecule has 1 heterocycles. The van der Waals surface area contributed by atoms with E-state index < -0.39 is 11.8 Å². The second kappa shape index (κ2) is 9.03. The van der Waals surface area contributed by atoms with Gasteiger partial charge in [0.2, 0.25) is 0 Å². The minimum Gasteiger partial charge on any atom is -0.466 e. The van der Waals surface area contributed by atoms with E-state index in [4.69, 9.17) is 4.74 Å². The monoisotopic (exact) mass is 499 g/mol. The summed E-state index contributed by atoms with van der Waals surface area (Å²) in [4.78, 5) is 39.6. The Morgan fingerprint density at radius 2 is 1.83 bits per heavy atom. The number of amides is 3. The minimum atomic E-state index is -0.653. The zero-order valence-corrected chi connectivity index (χ0v) is 21.6. The summed E-state index contributed by atoms with van der Waals surface area (Å²) in [6, 6.07) is 3.74. The molecule has 1 aromatic carbocycles. The average Bonchev–Trinajstić information content (AvgIpc) is 2.77. The summed E-state index contributed by atoms with van der Waals surface area (Å²) in [7, 11) is 0. The first-order chi connectivity index (χ1) is 17.0. The Morgan fingerprint density at radius 1 is 1.11 bits per heavy atom. The molecule has 1 aromatic rings. The molecular formula is C28H38FN3O4. The Morgan fingerprint density at radius 3 is 2.47 bits per heavy atom. The molecule has 5 aliphatic rings. The van der Waals surface area contributed by atoms with E-state index in [0.717, 1.165) is 19.3 Å².